The number of aliphatic hydroxyl groups is 1. The molecule has 2 rings (SSSR count). The summed E-state index contributed by atoms with van der Waals surface area (Å²) in [6.07, 6.45) is -1.94. The summed E-state index contributed by atoms with van der Waals surface area (Å²) in [5, 5.41) is 8.92. The van der Waals surface area contributed by atoms with E-state index < -0.39 is 24.2 Å². The van der Waals surface area contributed by atoms with Gasteiger partial charge >= 0.3 is 5.69 Å². The fraction of sp³-hybridized carbons (Fsp3) is 0.556. The lowest BCUT2D eigenvalue weighted by atomic mass is 10.2. The van der Waals surface area contributed by atoms with Crippen LogP contribution in [0.5, 0.6) is 0 Å². The highest BCUT2D eigenvalue weighted by Crippen LogP contribution is 2.30. The summed E-state index contributed by atoms with van der Waals surface area (Å²) in [7, 11) is 0. The van der Waals surface area contributed by atoms with Gasteiger partial charge in [0.2, 0.25) is 0 Å². The standard InChI is InChI=1S/C9H11ClFN3O3/c10-5-2-14(9(16)13-7(5)12)8-6(11)1-4(3-15)17-8/h2,4,6,8,15H,1,3H2,(H2,12,13,16)/t4-,6+,8+/m0/s1. The fourth-order valence-corrected chi connectivity index (χ4v) is 1.85. The summed E-state index contributed by atoms with van der Waals surface area (Å²) in [5.41, 5.74) is 4.61. The van der Waals surface area contributed by atoms with Crippen molar-refractivity contribution in [1.82, 2.24) is 9.55 Å². The molecule has 0 bridgehead atoms. The van der Waals surface area contributed by atoms with E-state index in [-0.39, 0.29) is 23.9 Å². The number of hydrogen-bond donors (Lipinski definition) is 2. The third-order valence-corrected chi connectivity index (χ3v) is 2.83. The van der Waals surface area contributed by atoms with Crippen molar-refractivity contribution < 1.29 is 14.2 Å². The van der Waals surface area contributed by atoms with E-state index in [4.69, 9.17) is 27.2 Å². The van der Waals surface area contributed by atoms with E-state index in [1.807, 2.05) is 0 Å². The number of nitrogens with zero attached hydrogens (tertiary/aromatic N) is 2. The molecule has 0 spiro atoms. The fourth-order valence-electron chi connectivity index (χ4n) is 1.70. The molecule has 1 saturated heterocycles. The Morgan fingerprint density at radius 3 is 3.06 bits per heavy atom. The van der Waals surface area contributed by atoms with E-state index >= 15 is 0 Å². The van der Waals surface area contributed by atoms with Crippen LogP contribution in [0.4, 0.5) is 10.2 Å². The normalized spacial score (nSPS) is 28.5. The van der Waals surface area contributed by atoms with E-state index in [0.29, 0.717) is 0 Å². The number of nitrogens with two attached hydrogens (primary N) is 1. The first kappa shape index (κ1) is 12.3. The van der Waals surface area contributed by atoms with Crippen molar-refractivity contribution in [2.45, 2.75) is 24.9 Å². The van der Waals surface area contributed by atoms with Crippen molar-refractivity contribution in [3.63, 3.8) is 0 Å². The van der Waals surface area contributed by atoms with Gasteiger partial charge in [0.05, 0.1) is 17.7 Å². The molecule has 1 fully saturated rings. The molecular weight excluding hydrogens is 253 g/mol. The molecule has 1 aromatic rings. The van der Waals surface area contributed by atoms with Crippen LogP contribution in [-0.2, 0) is 4.74 Å². The van der Waals surface area contributed by atoms with Gasteiger partial charge in [-0.2, -0.15) is 4.98 Å². The number of aromatic nitrogens is 2. The molecule has 0 radical (unpaired) electrons. The average Bonchev–Trinajstić information content (AvgIpc) is 2.65. The summed E-state index contributed by atoms with van der Waals surface area (Å²) >= 11 is 5.71. The maximum Gasteiger partial charge on any atom is 0.351 e. The lowest BCUT2D eigenvalue weighted by Gasteiger charge is -2.16. The number of ether oxygens (including phenoxy) is 1. The predicted octanol–water partition coefficient (Wildman–Crippen LogP) is 0.0968. The number of rotatable bonds is 2. The highest BCUT2D eigenvalue weighted by Gasteiger charge is 2.37. The van der Waals surface area contributed by atoms with Crippen LogP contribution in [-0.4, -0.2) is 33.5 Å². The second kappa shape index (κ2) is 4.59. The van der Waals surface area contributed by atoms with Crippen molar-refractivity contribution in [2.24, 2.45) is 0 Å². The molecule has 3 atom stereocenters. The Morgan fingerprint density at radius 1 is 1.76 bits per heavy atom. The zero-order valence-corrected chi connectivity index (χ0v) is 9.47. The summed E-state index contributed by atoms with van der Waals surface area (Å²) in [4.78, 5) is 15.0. The minimum absolute atomic E-state index is 0.0234. The Kier molecular flexibility index (Phi) is 3.32. The number of alkyl halides is 1. The molecule has 1 aromatic heterocycles. The highest BCUT2D eigenvalue weighted by molar-refractivity contribution is 6.32. The lowest BCUT2D eigenvalue weighted by molar-refractivity contribution is -0.0393. The number of anilines is 1. The zero-order valence-electron chi connectivity index (χ0n) is 8.72. The van der Waals surface area contributed by atoms with Gasteiger partial charge in [-0.05, 0) is 0 Å². The Hall–Kier alpha value is -1.18. The molecule has 0 saturated carbocycles. The Morgan fingerprint density at radius 2 is 2.47 bits per heavy atom. The molecule has 0 unspecified atom stereocenters. The largest absolute Gasteiger partial charge is 0.394 e. The van der Waals surface area contributed by atoms with Crippen molar-refractivity contribution in [1.29, 1.82) is 0 Å². The van der Waals surface area contributed by atoms with Crippen LogP contribution in [0.25, 0.3) is 0 Å². The Labute approximate surface area is 101 Å². The lowest BCUT2D eigenvalue weighted by Crippen LogP contribution is -2.31. The first-order chi connectivity index (χ1) is 8.02. The van der Waals surface area contributed by atoms with Crippen LogP contribution in [0.3, 0.4) is 0 Å². The number of aliphatic hydroxyl groups excluding tert-OH is 1. The minimum Gasteiger partial charge on any atom is -0.394 e. The van der Waals surface area contributed by atoms with Crippen LogP contribution >= 0.6 is 11.6 Å². The predicted molar refractivity (Wildman–Crippen MR) is 58.4 cm³/mol. The third kappa shape index (κ3) is 2.26. The van der Waals surface area contributed by atoms with E-state index in [1.165, 1.54) is 6.20 Å². The van der Waals surface area contributed by atoms with Gasteiger partial charge in [-0.3, -0.25) is 4.57 Å². The summed E-state index contributed by atoms with van der Waals surface area (Å²) in [6, 6.07) is 0. The van der Waals surface area contributed by atoms with Crippen molar-refractivity contribution in [2.75, 3.05) is 12.3 Å². The number of halogens is 2. The average molecular weight is 264 g/mol. The molecule has 94 valence electrons. The van der Waals surface area contributed by atoms with E-state index in [2.05, 4.69) is 4.98 Å². The van der Waals surface area contributed by atoms with E-state index in [0.717, 1.165) is 4.57 Å². The quantitative estimate of drug-likeness (QED) is 0.790. The second-order valence-corrected chi connectivity index (χ2v) is 4.15. The molecule has 2 heterocycles. The van der Waals surface area contributed by atoms with E-state index in [1.54, 1.807) is 0 Å². The third-order valence-electron chi connectivity index (χ3n) is 2.54. The van der Waals surface area contributed by atoms with Gasteiger partial charge < -0.3 is 15.6 Å². The smallest absolute Gasteiger partial charge is 0.351 e. The van der Waals surface area contributed by atoms with Gasteiger partial charge in [0.1, 0.15) is 12.0 Å². The Balaban J connectivity index is 2.35. The maximum absolute atomic E-state index is 13.6. The Bertz CT molecular complexity index is 481. The monoisotopic (exact) mass is 263 g/mol. The van der Waals surface area contributed by atoms with Gasteiger partial charge in [0, 0.05) is 12.6 Å². The molecule has 1 aliphatic rings. The highest BCUT2D eigenvalue weighted by atomic mass is 35.5. The maximum atomic E-state index is 13.6. The molecule has 0 aromatic carbocycles. The number of hydrogen-bond acceptors (Lipinski definition) is 5. The molecule has 3 N–H and O–H groups in total. The van der Waals surface area contributed by atoms with E-state index in [9.17, 15) is 9.18 Å². The van der Waals surface area contributed by atoms with Gasteiger partial charge in [-0.15, -0.1) is 0 Å². The summed E-state index contributed by atoms with van der Waals surface area (Å²) in [6.45, 7) is -0.304. The van der Waals surface area contributed by atoms with Crippen LogP contribution in [0.2, 0.25) is 5.02 Å². The molecule has 17 heavy (non-hydrogen) atoms. The number of nitrogen functional groups attached to an aromatic ring is 1. The van der Waals surface area contributed by atoms with Crippen LogP contribution in [0, 0.1) is 0 Å². The van der Waals surface area contributed by atoms with Gasteiger partial charge in [-0.1, -0.05) is 11.6 Å². The van der Waals surface area contributed by atoms with Gasteiger partial charge in [-0.25, -0.2) is 9.18 Å². The van der Waals surface area contributed by atoms with Gasteiger partial charge in [0.25, 0.3) is 0 Å². The molecule has 8 heteroatoms. The summed E-state index contributed by atoms with van der Waals surface area (Å²) < 4.78 is 19.8. The first-order valence-electron chi connectivity index (χ1n) is 4.97. The summed E-state index contributed by atoms with van der Waals surface area (Å²) in [5.74, 6) is -0.111. The minimum atomic E-state index is -1.40. The zero-order chi connectivity index (χ0) is 12.6. The molecule has 6 nitrogen and oxygen atoms in total. The van der Waals surface area contributed by atoms with Crippen LogP contribution in [0.1, 0.15) is 12.6 Å². The van der Waals surface area contributed by atoms with Crippen LogP contribution in [0.15, 0.2) is 11.0 Å². The van der Waals surface area contributed by atoms with Gasteiger partial charge in [0.15, 0.2) is 6.23 Å². The SMILES string of the molecule is Nc1nc(=O)n([C@@H]2O[C@H](CO)C[C@H]2F)cc1Cl. The van der Waals surface area contributed by atoms with Crippen molar-refractivity contribution in [3.05, 3.63) is 21.7 Å². The van der Waals surface area contributed by atoms with Crippen molar-refractivity contribution >= 4 is 17.4 Å². The molecular formula is C9H11ClFN3O3. The molecule has 1 aliphatic heterocycles. The first-order valence-corrected chi connectivity index (χ1v) is 5.35. The topological polar surface area (TPSA) is 90.4 Å². The molecule has 0 aliphatic carbocycles. The molecule has 0 amide bonds. The second-order valence-electron chi connectivity index (χ2n) is 3.75. The van der Waals surface area contributed by atoms with Crippen molar-refractivity contribution in [3.8, 4) is 0 Å². The van der Waals surface area contributed by atoms with Crippen LogP contribution < -0.4 is 11.4 Å².